The van der Waals surface area contributed by atoms with E-state index in [-0.39, 0.29) is 0 Å². The van der Waals surface area contributed by atoms with E-state index in [0.717, 1.165) is 12.0 Å². The van der Waals surface area contributed by atoms with E-state index in [1.54, 1.807) is 6.07 Å². The monoisotopic (exact) mass is 164 g/mol. The zero-order valence-electron chi connectivity index (χ0n) is 7.96. The van der Waals surface area contributed by atoms with Crippen LogP contribution in [0.2, 0.25) is 0 Å². The molecule has 12 heavy (non-hydrogen) atoms. The Morgan fingerprint density at radius 2 is 2.00 bits per heavy atom. The van der Waals surface area contributed by atoms with Crippen LogP contribution < -0.4 is 0 Å². The first-order valence-corrected chi connectivity index (χ1v) is 4.44. The Bertz CT molecular complexity index is 245. The van der Waals surface area contributed by atoms with Gasteiger partial charge in [-0.15, -0.1) is 0 Å². The van der Waals surface area contributed by atoms with Crippen LogP contribution in [-0.2, 0) is 0 Å². The third kappa shape index (κ3) is 2.00. The Balaban J connectivity index is 3.00. The predicted octanol–water partition coefficient (Wildman–Crippen LogP) is 3.21. The molecule has 0 amide bonds. The van der Waals surface area contributed by atoms with Crippen molar-refractivity contribution in [1.29, 1.82) is 0 Å². The van der Waals surface area contributed by atoms with E-state index in [0.29, 0.717) is 11.7 Å². The minimum atomic E-state index is 0.380. The number of aryl methyl sites for hydroxylation is 1. The lowest BCUT2D eigenvalue weighted by molar-refractivity contribution is 0.473. The van der Waals surface area contributed by atoms with Gasteiger partial charge in [0.05, 0.1) is 0 Å². The quantitative estimate of drug-likeness (QED) is 0.711. The second-order valence-electron chi connectivity index (χ2n) is 3.41. The smallest absolute Gasteiger partial charge is 0.116 e. The molecule has 1 heteroatoms. The topological polar surface area (TPSA) is 20.2 Å². The van der Waals surface area contributed by atoms with Crippen molar-refractivity contribution < 1.29 is 5.11 Å². The second-order valence-corrected chi connectivity index (χ2v) is 3.41. The Labute approximate surface area is 74.1 Å². The molecule has 0 aromatic heterocycles. The van der Waals surface area contributed by atoms with Gasteiger partial charge in [-0.2, -0.15) is 0 Å². The maximum Gasteiger partial charge on any atom is 0.116 e. The van der Waals surface area contributed by atoms with Crippen molar-refractivity contribution in [2.45, 2.75) is 33.1 Å². The number of benzene rings is 1. The summed E-state index contributed by atoms with van der Waals surface area (Å²) in [6, 6.07) is 5.76. The van der Waals surface area contributed by atoms with Crippen molar-refractivity contribution >= 4 is 0 Å². The molecule has 0 aliphatic heterocycles. The van der Waals surface area contributed by atoms with Gasteiger partial charge in [-0.3, -0.25) is 0 Å². The highest BCUT2D eigenvalue weighted by Gasteiger charge is 2.03. The minimum Gasteiger partial charge on any atom is -0.508 e. The molecule has 1 N–H and O–H groups in total. The van der Waals surface area contributed by atoms with E-state index < -0.39 is 0 Å². The first kappa shape index (κ1) is 9.11. The lowest BCUT2D eigenvalue weighted by Crippen LogP contribution is -1.91. The van der Waals surface area contributed by atoms with Gasteiger partial charge < -0.3 is 5.11 Å². The van der Waals surface area contributed by atoms with Crippen LogP contribution in [0.4, 0.5) is 0 Å². The van der Waals surface area contributed by atoms with E-state index in [9.17, 15) is 5.11 Å². The van der Waals surface area contributed by atoms with Crippen LogP contribution in [0.5, 0.6) is 5.75 Å². The molecule has 1 aromatic carbocycles. The van der Waals surface area contributed by atoms with Crippen LogP contribution >= 0.6 is 0 Å². The normalized spacial score (nSPS) is 12.9. The molecule has 1 rings (SSSR count). The van der Waals surface area contributed by atoms with Gasteiger partial charge in [0.1, 0.15) is 5.75 Å². The molecule has 1 nitrogen and oxygen atoms in total. The Hall–Kier alpha value is -0.980. The SMILES string of the molecule is CCC(C)c1cc(C)cc(O)c1. The maximum atomic E-state index is 9.34. The number of hydrogen-bond donors (Lipinski definition) is 1. The van der Waals surface area contributed by atoms with Crippen molar-refractivity contribution in [3.63, 3.8) is 0 Å². The fraction of sp³-hybridized carbons (Fsp3) is 0.455. The van der Waals surface area contributed by atoms with Crippen LogP contribution in [0, 0.1) is 6.92 Å². The summed E-state index contributed by atoms with van der Waals surface area (Å²) < 4.78 is 0. The van der Waals surface area contributed by atoms with Crippen LogP contribution in [0.25, 0.3) is 0 Å². The van der Waals surface area contributed by atoms with Crippen molar-refractivity contribution in [3.8, 4) is 5.75 Å². The molecular formula is C11H16O. The molecule has 0 fully saturated rings. The van der Waals surface area contributed by atoms with Crippen LogP contribution in [0.1, 0.15) is 37.3 Å². The van der Waals surface area contributed by atoms with Crippen LogP contribution in [0.15, 0.2) is 18.2 Å². The van der Waals surface area contributed by atoms with Crippen molar-refractivity contribution in [3.05, 3.63) is 29.3 Å². The molecule has 0 saturated carbocycles. The van der Waals surface area contributed by atoms with Crippen LogP contribution in [-0.4, -0.2) is 5.11 Å². The number of rotatable bonds is 2. The summed E-state index contributed by atoms with van der Waals surface area (Å²) in [6.07, 6.45) is 1.11. The summed E-state index contributed by atoms with van der Waals surface area (Å²) >= 11 is 0. The summed E-state index contributed by atoms with van der Waals surface area (Å²) in [4.78, 5) is 0. The third-order valence-corrected chi connectivity index (χ3v) is 2.27. The molecule has 0 bridgehead atoms. The molecule has 66 valence electrons. The first-order valence-electron chi connectivity index (χ1n) is 4.44. The zero-order chi connectivity index (χ0) is 9.14. The second kappa shape index (κ2) is 3.61. The molecule has 1 atom stereocenters. The molecule has 0 heterocycles. The average molecular weight is 164 g/mol. The number of hydrogen-bond acceptors (Lipinski definition) is 1. The fourth-order valence-electron chi connectivity index (χ4n) is 1.31. The summed E-state index contributed by atoms with van der Waals surface area (Å²) in [5.74, 6) is 0.918. The minimum absolute atomic E-state index is 0.380. The largest absolute Gasteiger partial charge is 0.508 e. The van der Waals surface area contributed by atoms with Gasteiger partial charge in [0.15, 0.2) is 0 Å². The lowest BCUT2D eigenvalue weighted by atomic mass is 9.97. The molecular weight excluding hydrogens is 148 g/mol. The van der Waals surface area contributed by atoms with E-state index in [2.05, 4.69) is 19.9 Å². The molecule has 0 aliphatic carbocycles. The summed E-state index contributed by atoms with van der Waals surface area (Å²) in [7, 11) is 0. The summed E-state index contributed by atoms with van der Waals surface area (Å²) in [5.41, 5.74) is 2.36. The Morgan fingerprint density at radius 1 is 1.33 bits per heavy atom. The molecule has 0 spiro atoms. The Kier molecular flexibility index (Phi) is 2.74. The highest BCUT2D eigenvalue weighted by Crippen LogP contribution is 2.23. The maximum absolute atomic E-state index is 9.34. The van der Waals surface area contributed by atoms with Gasteiger partial charge in [0, 0.05) is 0 Å². The van der Waals surface area contributed by atoms with Gasteiger partial charge in [0.25, 0.3) is 0 Å². The molecule has 0 aliphatic rings. The van der Waals surface area contributed by atoms with Crippen molar-refractivity contribution in [2.24, 2.45) is 0 Å². The Morgan fingerprint density at radius 3 is 2.50 bits per heavy atom. The number of aromatic hydroxyl groups is 1. The molecule has 1 unspecified atom stereocenters. The van der Waals surface area contributed by atoms with E-state index in [1.165, 1.54) is 5.56 Å². The number of phenols is 1. The van der Waals surface area contributed by atoms with E-state index >= 15 is 0 Å². The highest BCUT2D eigenvalue weighted by atomic mass is 16.3. The van der Waals surface area contributed by atoms with Gasteiger partial charge in [0.2, 0.25) is 0 Å². The van der Waals surface area contributed by atoms with E-state index in [1.807, 2.05) is 13.0 Å². The van der Waals surface area contributed by atoms with E-state index in [4.69, 9.17) is 0 Å². The summed E-state index contributed by atoms with van der Waals surface area (Å²) in [5, 5.41) is 9.34. The average Bonchev–Trinajstić information content (AvgIpc) is 2.01. The lowest BCUT2D eigenvalue weighted by Gasteiger charge is -2.09. The fourth-order valence-corrected chi connectivity index (χ4v) is 1.31. The zero-order valence-corrected chi connectivity index (χ0v) is 7.96. The number of phenolic OH excluding ortho intramolecular Hbond substituents is 1. The van der Waals surface area contributed by atoms with Crippen molar-refractivity contribution in [1.82, 2.24) is 0 Å². The predicted molar refractivity (Wildman–Crippen MR) is 51.5 cm³/mol. The van der Waals surface area contributed by atoms with Gasteiger partial charge >= 0.3 is 0 Å². The van der Waals surface area contributed by atoms with Crippen LogP contribution in [0.3, 0.4) is 0 Å². The molecule has 0 saturated heterocycles. The summed E-state index contributed by atoms with van der Waals surface area (Å²) in [6.45, 7) is 6.34. The van der Waals surface area contributed by atoms with Gasteiger partial charge in [-0.25, -0.2) is 0 Å². The third-order valence-electron chi connectivity index (χ3n) is 2.27. The molecule has 0 radical (unpaired) electrons. The molecule has 1 aromatic rings. The first-order chi connectivity index (χ1) is 5.63. The van der Waals surface area contributed by atoms with Gasteiger partial charge in [-0.05, 0) is 42.5 Å². The highest BCUT2D eigenvalue weighted by molar-refractivity contribution is 5.34. The van der Waals surface area contributed by atoms with Crippen molar-refractivity contribution in [2.75, 3.05) is 0 Å². The standard InChI is InChI=1S/C11H16O/c1-4-9(3)10-5-8(2)6-11(12)7-10/h5-7,9,12H,4H2,1-3H3. The van der Waals surface area contributed by atoms with Gasteiger partial charge in [-0.1, -0.05) is 19.9 Å².